The van der Waals surface area contributed by atoms with Gasteiger partial charge >= 0.3 is 5.97 Å². The van der Waals surface area contributed by atoms with E-state index in [2.05, 4.69) is 23.8 Å². The van der Waals surface area contributed by atoms with Crippen LogP contribution in [-0.2, 0) is 10.3 Å². The Hall–Kier alpha value is -2.66. The number of aliphatic hydroxyl groups is 1. The van der Waals surface area contributed by atoms with E-state index < -0.39 is 5.60 Å². The first-order valence-electron chi connectivity index (χ1n) is 8.28. The molecule has 3 aromatic rings. The number of aromatic nitrogens is 2. The summed E-state index contributed by atoms with van der Waals surface area (Å²) in [5.74, 6) is -0.0714. The van der Waals surface area contributed by atoms with Gasteiger partial charge in [0.25, 0.3) is 0 Å². The summed E-state index contributed by atoms with van der Waals surface area (Å²) in [6.45, 7) is 4.14. The Morgan fingerprint density at radius 3 is 2.60 bits per heavy atom. The van der Waals surface area contributed by atoms with E-state index in [9.17, 15) is 9.90 Å². The minimum atomic E-state index is -1.16. The number of nitrogens with zero attached hydrogens (tertiary/aromatic N) is 1. The number of hydrogen-bond acceptors (Lipinski definition) is 4. The van der Waals surface area contributed by atoms with Crippen LogP contribution in [0.1, 0.15) is 41.9 Å². The predicted octanol–water partition coefficient (Wildman–Crippen LogP) is 3.63. The summed E-state index contributed by atoms with van der Waals surface area (Å²) >= 11 is 0. The number of nitrogens with one attached hydrogen (secondary N) is 1. The zero-order valence-electron chi connectivity index (χ0n) is 14.6. The largest absolute Gasteiger partial charge is 0.465 e. The van der Waals surface area contributed by atoms with Crippen LogP contribution in [0, 0.1) is 5.92 Å². The van der Waals surface area contributed by atoms with Gasteiger partial charge in [-0.15, -0.1) is 0 Å². The van der Waals surface area contributed by atoms with Gasteiger partial charge in [0.15, 0.2) is 0 Å². The van der Waals surface area contributed by atoms with E-state index in [0.717, 1.165) is 16.3 Å². The highest BCUT2D eigenvalue weighted by Crippen LogP contribution is 2.36. The van der Waals surface area contributed by atoms with Crippen LogP contribution in [-0.4, -0.2) is 28.2 Å². The van der Waals surface area contributed by atoms with Gasteiger partial charge in [-0.1, -0.05) is 32.0 Å². The van der Waals surface area contributed by atoms with Gasteiger partial charge in [-0.05, 0) is 46.9 Å². The minimum absolute atomic E-state index is 0.291. The molecular formula is C20H22N2O3. The molecule has 0 aliphatic heterocycles. The Bertz CT molecular complexity index is 887. The van der Waals surface area contributed by atoms with Crippen molar-refractivity contribution in [2.24, 2.45) is 5.92 Å². The third-order valence-electron chi connectivity index (χ3n) is 4.36. The number of ether oxygens (including phenoxy) is 1. The molecule has 25 heavy (non-hydrogen) atoms. The van der Waals surface area contributed by atoms with Crippen LogP contribution in [0.15, 0.2) is 48.9 Å². The van der Waals surface area contributed by atoms with Crippen molar-refractivity contribution in [2.45, 2.75) is 25.9 Å². The van der Waals surface area contributed by atoms with Gasteiger partial charge in [-0.2, -0.15) is 0 Å². The number of imidazole rings is 1. The highest BCUT2D eigenvalue weighted by Gasteiger charge is 2.34. The molecule has 0 spiro atoms. The molecule has 5 nitrogen and oxygen atoms in total. The lowest BCUT2D eigenvalue weighted by molar-refractivity contribution is 0.0536. The van der Waals surface area contributed by atoms with Crippen molar-refractivity contribution in [2.75, 3.05) is 7.11 Å². The molecule has 5 heteroatoms. The zero-order valence-corrected chi connectivity index (χ0v) is 14.6. The summed E-state index contributed by atoms with van der Waals surface area (Å²) in [7, 11) is 1.37. The van der Waals surface area contributed by atoms with Gasteiger partial charge in [0.2, 0.25) is 0 Å². The fourth-order valence-electron chi connectivity index (χ4n) is 3.20. The lowest BCUT2D eigenvalue weighted by Crippen LogP contribution is -2.29. The number of benzene rings is 2. The Morgan fingerprint density at radius 2 is 1.96 bits per heavy atom. The van der Waals surface area contributed by atoms with Crippen LogP contribution in [0.4, 0.5) is 0 Å². The molecule has 1 atom stereocenters. The predicted molar refractivity (Wildman–Crippen MR) is 96.3 cm³/mol. The average molecular weight is 338 g/mol. The monoisotopic (exact) mass is 338 g/mol. The Kier molecular flexibility index (Phi) is 4.59. The number of H-pyrrole nitrogens is 1. The Balaban J connectivity index is 2.08. The van der Waals surface area contributed by atoms with Crippen LogP contribution < -0.4 is 0 Å². The van der Waals surface area contributed by atoms with Crippen LogP contribution in [0.2, 0.25) is 0 Å². The van der Waals surface area contributed by atoms with Crippen molar-refractivity contribution < 1.29 is 14.6 Å². The second kappa shape index (κ2) is 6.69. The van der Waals surface area contributed by atoms with Crippen molar-refractivity contribution >= 4 is 16.7 Å². The molecular weight excluding hydrogens is 316 g/mol. The molecule has 2 N–H and O–H groups in total. The number of carbonyl (C=O) groups excluding carboxylic acids is 1. The second-order valence-corrected chi connectivity index (χ2v) is 6.68. The summed E-state index contributed by atoms with van der Waals surface area (Å²) in [4.78, 5) is 18.9. The number of rotatable bonds is 5. The first kappa shape index (κ1) is 17.2. The van der Waals surface area contributed by atoms with Crippen LogP contribution in [0.3, 0.4) is 0 Å². The second-order valence-electron chi connectivity index (χ2n) is 6.68. The lowest BCUT2D eigenvalue weighted by atomic mass is 9.82. The minimum Gasteiger partial charge on any atom is -0.465 e. The van der Waals surface area contributed by atoms with Gasteiger partial charge in [0, 0.05) is 6.20 Å². The molecule has 0 fully saturated rings. The molecule has 0 aliphatic rings. The fraction of sp³-hybridized carbons (Fsp3) is 0.300. The van der Waals surface area contributed by atoms with Crippen molar-refractivity contribution in [3.63, 3.8) is 0 Å². The Morgan fingerprint density at radius 1 is 1.24 bits per heavy atom. The lowest BCUT2D eigenvalue weighted by Gasteiger charge is -2.29. The van der Waals surface area contributed by atoms with Crippen LogP contribution in [0.5, 0.6) is 0 Å². The van der Waals surface area contributed by atoms with Gasteiger partial charge in [0.1, 0.15) is 5.60 Å². The summed E-state index contributed by atoms with van der Waals surface area (Å²) in [6.07, 6.45) is 3.86. The van der Waals surface area contributed by atoms with Crippen molar-refractivity contribution in [3.8, 4) is 0 Å². The average Bonchev–Trinajstić information content (AvgIpc) is 3.14. The SMILES string of the molecule is COC(=O)c1ccc2cc(C(O)(CC(C)C)c3c[nH]cn3)ccc2c1. The summed E-state index contributed by atoms with van der Waals surface area (Å²) < 4.78 is 4.77. The van der Waals surface area contributed by atoms with E-state index in [-0.39, 0.29) is 5.97 Å². The summed E-state index contributed by atoms with van der Waals surface area (Å²) in [5, 5.41) is 13.3. The third-order valence-corrected chi connectivity index (χ3v) is 4.36. The van der Waals surface area contributed by atoms with E-state index in [4.69, 9.17) is 4.74 Å². The van der Waals surface area contributed by atoms with Gasteiger partial charge < -0.3 is 14.8 Å². The number of methoxy groups -OCH3 is 1. The number of esters is 1. The smallest absolute Gasteiger partial charge is 0.337 e. The number of fused-ring (bicyclic) bond motifs is 1. The molecule has 0 aliphatic carbocycles. The number of carbonyl (C=O) groups is 1. The topological polar surface area (TPSA) is 75.2 Å². The molecule has 0 saturated heterocycles. The molecule has 3 rings (SSSR count). The van der Waals surface area contributed by atoms with Crippen molar-refractivity contribution in [1.29, 1.82) is 0 Å². The number of aromatic amines is 1. The van der Waals surface area contributed by atoms with Crippen LogP contribution in [0.25, 0.3) is 10.8 Å². The normalized spacial score (nSPS) is 13.8. The van der Waals surface area contributed by atoms with Gasteiger partial charge in [0.05, 0.1) is 24.7 Å². The molecule has 0 saturated carbocycles. The van der Waals surface area contributed by atoms with E-state index >= 15 is 0 Å². The van der Waals surface area contributed by atoms with E-state index in [0.29, 0.717) is 23.6 Å². The quantitative estimate of drug-likeness (QED) is 0.697. The standard InChI is InChI=1S/C20H22N2O3/c1-13(2)10-20(24,18-11-21-12-22-18)17-7-6-14-8-16(19(23)25-3)5-4-15(14)9-17/h4-9,11-13,24H,10H2,1-3H3,(H,21,22). The maximum Gasteiger partial charge on any atom is 0.337 e. The number of hydrogen-bond donors (Lipinski definition) is 2. The van der Waals surface area contributed by atoms with E-state index in [1.807, 2.05) is 24.3 Å². The highest BCUT2D eigenvalue weighted by molar-refractivity contribution is 5.95. The molecule has 1 heterocycles. The van der Waals surface area contributed by atoms with E-state index in [1.165, 1.54) is 7.11 Å². The first-order chi connectivity index (χ1) is 11.9. The summed E-state index contributed by atoms with van der Waals surface area (Å²) in [5.41, 5.74) is 0.731. The molecule has 0 amide bonds. The van der Waals surface area contributed by atoms with Gasteiger partial charge in [-0.25, -0.2) is 9.78 Å². The maximum absolute atomic E-state index is 11.7. The van der Waals surface area contributed by atoms with Crippen molar-refractivity contribution in [1.82, 2.24) is 9.97 Å². The maximum atomic E-state index is 11.7. The highest BCUT2D eigenvalue weighted by atomic mass is 16.5. The molecule has 0 bridgehead atoms. The molecule has 1 aromatic heterocycles. The molecule has 1 unspecified atom stereocenters. The zero-order chi connectivity index (χ0) is 18.0. The van der Waals surface area contributed by atoms with Crippen molar-refractivity contribution in [3.05, 3.63) is 65.7 Å². The molecule has 2 aromatic carbocycles. The molecule has 0 radical (unpaired) electrons. The Labute approximate surface area is 146 Å². The molecule has 130 valence electrons. The van der Waals surface area contributed by atoms with E-state index in [1.54, 1.807) is 24.7 Å². The third kappa shape index (κ3) is 3.28. The van der Waals surface area contributed by atoms with Crippen LogP contribution >= 0.6 is 0 Å². The fourth-order valence-corrected chi connectivity index (χ4v) is 3.20. The van der Waals surface area contributed by atoms with Gasteiger partial charge in [-0.3, -0.25) is 0 Å². The summed E-state index contributed by atoms with van der Waals surface area (Å²) in [6, 6.07) is 11.1. The first-order valence-corrected chi connectivity index (χ1v) is 8.28.